The highest BCUT2D eigenvalue weighted by Gasteiger charge is 2.19. The van der Waals surface area contributed by atoms with Gasteiger partial charge in [-0.25, -0.2) is 0 Å². The highest BCUT2D eigenvalue weighted by Crippen LogP contribution is 2.42. The van der Waals surface area contributed by atoms with Crippen molar-refractivity contribution in [2.24, 2.45) is 0 Å². The molecule has 0 amide bonds. The predicted octanol–water partition coefficient (Wildman–Crippen LogP) is 13.3. The number of para-hydroxylation sites is 3. The Hall–Kier alpha value is -6.64. The van der Waals surface area contributed by atoms with Gasteiger partial charge in [0.2, 0.25) is 0 Å². The Morgan fingerprint density at radius 3 is 1.32 bits per heavy atom. The van der Waals surface area contributed by atoms with Crippen LogP contribution in [0.5, 0.6) is 0 Å². The van der Waals surface area contributed by atoms with Crippen molar-refractivity contribution in [3.05, 3.63) is 206 Å². The van der Waals surface area contributed by atoms with Crippen LogP contribution in [-0.4, -0.2) is 4.57 Å². The second-order valence-corrected chi connectivity index (χ2v) is 12.6. The molecular weight excluding hydrogens is 605 g/mol. The normalized spacial score (nSPS) is 11.2. The summed E-state index contributed by atoms with van der Waals surface area (Å²) >= 11 is 0. The molecule has 0 aliphatic carbocycles. The second-order valence-electron chi connectivity index (χ2n) is 12.6. The molecule has 50 heavy (non-hydrogen) atoms. The molecule has 0 unspecified atom stereocenters. The van der Waals surface area contributed by atoms with E-state index in [1.165, 1.54) is 44.1 Å². The van der Waals surface area contributed by atoms with Crippen molar-refractivity contribution in [3.8, 4) is 39.1 Å². The molecular formula is C48H34N2. The van der Waals surface area contributed by atoms with Crippen molar-refractivity contribution in [1.82, 2.24) is 4.57 Å². The van der Waals surface area contributed by atoms with E-state index in [0.717, 1.165) is 33.9 Å². The maximum Gasteiger partial charge on any atom is 0.0541 e. The fraction of sp³-hybridized carbons (Fsp3) is 0. The standard InChI is InChI=1S/C48H34N2/c1-3-14-35(15-4-1)37-26-30-40(31-27-37)49(41-32-28-38(29-33-41)36-16-5-2-6-17-36)46-23-10-7-20-43(46)39-18-13-19-42(34-39)50-47-24-11-8-21-44(47)45-22-9-12-25-48(45)50/h1-34H. The molecule has 8 aromatic carbocycles. The van der Waals surface area contributed by atoms with E-state index in [-0.39, 0.29) is 0 Å². The van der Waals surface area contributed by atoms with E-state index in [1.807, 2.05) is 0 Å². The minimum Gasteiger partial charge on any atom is -0.310 e. The lowest BCUT2D eigenvalue weighted by Gasteiger charge is -2.28. The zero-order valence-corrected chi connectivity index (χ0v) is 27.5. The average molecular weight is 639 g/mol. The summed E-state index contributed by atoms with van der Waals surface area (Å²) in [6.07, 6.45) is 0. The first-order valence-electron chi connectivity index (χ1n) is 17.1. The molecule has 0 saturated carbocycles. The quantitative estimate of drug-likeness (QED) is 0.169. The Bertz CT molecular complexity index is 2430. The molecule has 2 nitrogen and oxygen atoms in total. The first-order valence-corrected chi connectivity index (χ1v) is 17.1. The largest absolute Gasteiger partial charge is 0.310 e. The molecule has 236 valence electrons. The third-order valence-corrected chi connectivity index (χ3v) is 9.61. The van der Waals surface area contributed by atoms with Crippen LogP contribution in [0, 0.1) is 0 Å². The van der Waals surface area contributed by atoms with E-state index in [1.54, 1.807) is 0 Å². The van der Waals surface area contributed by atoms with E-state index >= 15 is 0 Å². The van der Waals surface area contributed by atoms with Crippen molar-refractivity contribution in [3.63, 3.8) is 0 Å². The molecule has 1 aromatic heterocycles. The molecule has 0 aliphatic heterocycles. The van der Waals surface area contributed by atoms with Crippen molar-refractivity contribution in [2.75, 3.05) is 4.90 Å². The van der Waals surface area contributed by atoms with Crippen LogP contribution in [0.15, 0.2) is 206 Å². The summed E-state index contributed by atoms with van der Waals surface area (Å²) in [5.41, 5.74) is 14.0. The van der Waals surface area contributed by atoms with Gasteiger partial charge in [0, 0.05) is 33.4 Å². The second kappa shape index (κ2) is 12.8. The molecule has 0 N–H and O–H groups in total. The number of aromatic nitrogens is 1. The third kappa shape index (κ3) is 5.34. The van der Waals surface area contributed by atoms with E-state index in [0.29, 0.717) is 0 Å². The molecule has 9 aromatic rings. The molecule has 0 spiro atoms. The highest BCUT2D eigenvalue weighted by molar-refractivity contribution is 6.09. The summed E-state index contributed by atoms with van der Waals surface area (Å²) in [6.45, 7) is 0. The van der Waals surface area contributed by atoms with Gasteiger partial charge >= 0.3 is 0 Å². The minimum absolute atomic E-state index is 1.10. The smallest absolute Gasteiger partial charge is 0.0541 e. The van der Waals surface area contributed by atoms with Crippen LogP contribution in [0.4, 0.5) is 17.1 Å². The number of hydrogen-bond acceptors (Lipinski definition) is 1. The maximum absolute atomic E-state index is 2.39. The van der Waals surface area contributed by atoms with Gasteiger partial charge in [-0.05, 0) is 82.4 Å². The van der Waals surface area contributed by atoms with Gasteiger partial charge in [-0.1, -0.05) is 152 Å². The number of nitrogens with zero attached hydrogens (tertiary/aromatic N) is 2. The van der Waals surface area contributed by atoms with Crippen LogP contribution in [0.25, 0.3) is 60.9 Å². The van der Waals surface area contributed by atoms with Crippen molar-refractivity contribution < 1.29 is 0 Å². The first-order chi connectivity index (χ1) is 24.8. The Kier molecular flexibility index (Phi) is 7.53. The van der Waals surface area contributed by atoms with Gasteiger partial charge < -0.3 is 9.47 Å². The lowest BCUT2D eigenvalue weighted by atomic mass is 10.00. The number of fused-ring (bicyclic) bond motifs is 3. The molecule has 0 fully saturated rings. The van der Waals surface area contributed by atoms with Crippen LogP contribution in [0.2, 0.25) is 0 Å². The van der Waals surface area contributed by atoms with Crippen LogP contribution in [0.1, 0.15) is 0 Å². The summed E-state index contributed by atoms with van der Waals surface area (Å²) in [4.78, 5) is 2.38. The van der Waals surface area contributed by atoms with Gasteiger partial charge in [-0.3, -0.25) is 0 Å². The van der Waals surface area contributed by atoms with E-state index in [2.05, 4.69) is 216 Å². The van der Waals surface area contributed by atoms with Crippen molar-refractivity contribution in [1.29, 1.82) is 0 Å². The Labute approximate surface area is 292 Å². The van der Waals surface area contributed by atoms with E-state index < -0.39 is 0 Å². The molecule has 1 heterocycles. The van der Waals surface area contributed by atoms with Gasteiger partial charge in [-0.15, -0.1) is 0 Å². The molecule has 0 bridgehead atoms. The lowest BCUT2D eigenvalue weighted by Crippen LogP contribution is -2.11. The van der Waals surface area contributed by atoms with Crippen LogP contribution < -0.4 is 4.90 Å². The number of hydrogen-bond donors (Lipinski definition) is 0. The fourth-order valence-corrected chi connectivity index (χ4v) is 7.22. The van der Waals surface area contributed by atoms with Crippen molar-refractivity contribution in [2.45, 2.75) is 0 Å². The topological polar surface area (TPSA) is 8.17 Å². The minimum atomic E-state index is 1.10. The molecule has 0 atom stereocenters. The molecule has 0 saturated heterocycles. The summed E-state index contributed by atoms with van der Waals surface area (Å²) in [5.74, 6) is 0. The zero-order valence-electron chi connectivity index (χ0n) is 27.5. The Balaban J connectivity index is 1.19. The van der Waals surface area contributed by atoms with Gasteiger partial charge in [0.05, 0.1) is 16.7 Å². The summed E-state index contributed by atoms with van der Waals surface area (Å²) in [6, 6.07) is 74.0. The van der Waals surface area contributed by atoms with Gasteiger partial charge in [0.15, 0.2) is 0 Å². The third-order valence-electron chi connectivity index (χ3n) is 9.61. The summed E-state index contributed by atoms with van der Waals surface area (Å²) in [5, 5.41) is 2.52. The first kappa shape index (κ1) is 29.5. The van der Waals surface area contributed by atoms with Gasteiger partial charge in [0.1, 0.15) is 0 Å². The van der Waals surface area contributed by atoms with Crippen LogP contribution >= 0.6 is 0 Å². The van der Waals surface area contributed by atoms with Gasteiger partial charge in [0.25, 0.3) is 0 Å². The number of anilines is 3. The Morgan fingerprint density at radius 2 is 0.760 bits per heavy atom. The fourth-order valence-electron chi connectivity index (χ4n) is 7.22. The average Bonchev–Trinajstić information content (AvgIpc) is 3.54. The molecule has 0 radical (unpaired) electrons. The van der Waals surface area contributed by atoms with Crippen LogP contribution in [0.3, 0.4) is 0 Å². The monoisotopic (exact) mass is 638 g/mol. The van der Waals surface area contributed by atoms with Crippen LogP contribution in [-0.2, 0) is 0 Å². The Morgan fingerprint density at radius 1 is 0.320 bits per heavy atom. The van der Waals surface area contributed by atoms with E-state index in [4.69, 9.17) is 0 Å². The zero-order chi connectivity index (χ0) is 33.3. The van der Waals surface area contributed by atoms with Crippen molar-refractivity contribution >= 4 is 38.9 Å². The highest BCUT2D eigenvalue weighted by atomic mass is 15.1. The predicted molar refractivity (Wildman–Crippen MR) is 212 cm³/mol. The SMILES string of the molecule is c1ccc(-c2ccc(N(c3ccc(-c4ccccc4)cc3)c3ccccc3-c3cccc(-n4c5ccccc5c5ccccc54)c3)cc2)cc1. The van der Waals surface area contributed by atoms with Gasteiger partial charge in [-0.2, -0.15) is 0 Å². The molecule has 0 aliphatic rings. The lowest BCUT2D eigenvalue weighted by molar-refractivity contribution is 1.18. The number of benzene rings is 8. The number of rotatable bonds is 7. The molecule has 2 heteroatoms. The maximum atomic E-state index is 2.39. The summed E-state index contributed by atoms with van der Waals surface area (Å²) in [7, 11) is 0. The summed E-state index contributed by atoms with van der Waals surface area (Å²) < 4.78 is 2.39. The van der Waals surface area contributed by atoms with E-state index in [9.17, 15) is 0 Å². The molecule has 9 rings (SSSR count).